The van der Waals surface area contributed by atoms with Crippen LogP contribution in [0.15, 0.2) is 36.4 Å². The van der Waals surface area contributed by atoms with Crippen LogP contribution in [-0.4, -0.2) is 11.1 Å². The number of hydrogen-bond acceptors (Lipinski definition) is 2. The summed E-state index contributed by atoms with van der Waals surface area (Å²) in [7, 11) is 0. The summed E-state index contributed by atoms with van der Waals surface area (Å²) >= 11 is 0. The van der Waals surface area contributed by atoms with Gasteiger partial charge in [0, 0.05) is 0 Å². The number of aromatic carboxylic acids is 1. The number of carboxylic acids is 1. The van der Waals surface area contributed by atoms with Gasteiger partial charge in [0.1, 0.15) is 0 Å². The number of carboxylic acid groups (broad SMARTS) is 1. The van der Waals surface area contributed by atoms with Gasteiger partial charge in [0.25, 0.3) is 0 Å². The third-order valence-electron chi connectivity index (χ3n) is 2.08. The Bertz CT molecular complexity index is 508. The van der Waals surface area contributed by atoms with E-state index in [1.54, 1.807) is 18.2 Å². The van der Waals surface area contributed by atoms with E-state index in [9.17, 15) is 9.90 Å². The van der Waals surface area contributed by atoms with Crippen LogP contribution in [0, 0.1) is 0 Å². The van der Waals surface area contributed by atoms with Gasteiger partial charge in [-0.2, -0.15) is 0 Å². The smallest absolute Gasteiger partial charge is 0.872 e. The first-order valence-corrected chi connectivity index (χ1v) is 4.11. The van der Waals surface area contributed by atoms with E-state index < -0.39 is 11.7 Å². The molecule has 2 aromatic rings. The Morgan fingerprint density at radius 1 is 1.13 bits per heavy atom. The van der Waals surface area contributed by atoms with Gasteiger partial charge >= 0.3 is 28.3 Å². The molecule has 0 aliphatic rings. The zero-order valence-corrected chi connectivity index (χ0v) is 9.01. The molecule has 0 radical (unpaired) electrons. The Balaban J connectivity index is 0.00000112. The zero-order chi connectivity index (χ0) is 10.1. The van der Waals surface area contributed by atoms with E-state index in [0.29, 0.717) is 0 Å². The fourth-order valence-corrected chi connectivity index (χ4v) is 1.39. The summed E-state index contributed by atoms with van der Waals surface area (Å²) < 4.78 is 0. The van der Waals surface area contributed by atoms with Crippen LogP contribution < -0.4 is 5.11 Å². The second-order valence-electron chi connectivity index (χ2n) is 3.00. The van der Waals surface area contributed by atoms with Crippen molar-refractivity contribution in [2.75, 3.05) is 0 Å². The maximum atomic E-state index is 11.3. The fourth-order valence-electron chi connectivity index (χ4n) is 1.39. The Kier molecular flexibility index (Phi) is 3.52. The van der Waals surface area contributed by atoms with Gasteiger partial charge < -0.3 is 10.2 Å². The van der Waals surface area contributed by atoms with Gasteiger partial charge in [-0.15, -0.1) is 0 Å². The molecule has 0 saturated carbocycles. The van der Waals surface area contributed by atoms with Crippen LogP contribution in [0.3, 0.4) is 0 Å². The van der Waals surface area contributed by atoms with E-state index in [0.717, 1.165) is 10.8 Å². The first kappa shape index (κ1) is 11.8. The van der Waals surface area contributed by atoms with Gasteiger partial charge in [0.05, 0.1) is 5.56 Å². The molecule has 1 N–H and O–H groups in total. The van der Waals surface area contributed by atoms with Gasteiger partial charge in [-0.05, 0) is 16.8 Å². The molecule has 0 amide bonds. The molecule has 0 atom stereocenters. The summed E-state index contributed by atoms with van der Waals surface area (Å²) in [5.41, 5.74) is -0.177. The van der Waals surface area contributed by atoms with Crippen LogP contribution in [0.2, 0.25) is 0 Å². The number of hydrogen-bond donors (Lipinski definition) is 1. The van der Waals surface area contributed by atoms with Crippen LogP contribution in [-0.2, 0) is 22.4 Å². The Morgan fingerprint density at radius 2 is 1.67 bits per heavy atom. The number of benzene rings is 2. The van der Waals surface area contributed by atoms with Crippen LogP contribution in [0.5, 0.6) is 5.75 Å². The number of carbonyl (C=O) groups is 1. The average Bonchev–Trinajstić information content (AvgIpc) is 2.16. The molecule has 15 heavy (non-hydrogen) atoms. The summed E-state index contributed by atoms with van der Waals surface area (Å²) in [5.74, 6) is -1.63. The third kappa shape index (κ3) is 2.21. The minimum absolute atomic E-state index is 0. The van der Waals surface area contributed by atoms with Crippen LogP contribution in [0.4, 0.5) is 0 Å². The molecule has 0 aliphatic carbocycles. The summed E-state index contributed by atoms with van der Waals surface area (Å²) in [4.78, 5) is 10.7. The van der Waals surface area contributed by atoms with Gasteiger partial charge in [0.15, 0.2) is 0 Å². The molecule has 4 heteroatoms. The predicted molar refractivity (Wildman–Crippen MR) is 50.4 cm³/mol. The van der Waals surface area contributed by atoms with Gasteiger partial charge in [-0.1, -0.05) is 36.1 Å². The molecule has 2 rings (SSSR count). The van der Waals surface area contributed by atoms with E-state index in [4.69, 9.17) is 5.11 Å². The van der Waals surface area contributed by atoms with Gasteiger partial charge in [-0.25, -0.2) is 4.79 Å². The SMILES string of the molecule is O=C(O)c1cc2ccccc2cc1[O-].[Ag+]. The van der Waals surface area contributed by atoms with Gasteiger partial charge in [0.2, 0.25) is 0 Å². The summed E-state index contributed by atoms with van der Waals surface area (Å²) in [5, 5.41) is 21.6. The van der Waals surface area contributed by atoms with E-state index in [2.05, 4.69) is 0 Å². The first-order valence-electron chi connectivity index (χ1n) is 4.11. The van der Waals surface area contributed by atoms with Crippen molar-refractivity contribution in [3.8, 4) is 5.75 Å². The van der Waals surface area contributed by atoms with Crippen LogP contribution in [0.1, 0.15) is 10.4 Å². The van der Waals surface area contributed by atoms with Crippen molar-refractivity contribution in [3.63, 3.8) is 0 Å². The van der Waals surface area contributed by atoms with Crippen LogP contribution >= 0.6 is 0 Å². The van der Waals surface area contributed by atoms with Crippen molar-refractivity contribution in [1.29, 1.82) is 0 Å². The summed E-state index contributed by atoms with van der Waals surface area (Å²) in [6.45, 7) is 0. The molecule has 2 aromatic carbocycles. The van der Waals surface area contributed by atoms with Gasteiger partial charge in [-0.3, -0.25) is 0 Å². The van der Waals surface area contributed by atoms with Crippen molar-refractivity contribution in [2.45, 2.75) is 0 Å². The van der Waals surface area contributed by atoms with E-state index in [-0.39, 0.29) is 27.9 Å². The molecule has 80 valence electrons. The summed E-state index contributed by atoms with van der Waals surface area (Å²) in [6, 6.07) is 9.92. The maximum absolute atomic E-state index is 11.3. The topological polar surface area (TPSA) is 60.4 Å². The number of rotatable bonds is 1. The van der Waals surface area contributed by atoms with E-state index in [1.807, 2.05) is 6.07 Å². The number of fused-ring (bicyclic) bond motifs is 1. The molecule has 0 aromatic heterocycles. The van der Waals surface area contributed by atoms with Crippen molar-refractivity contribution in [1.82, 2.24) is 0 Å². The Morgan fingerprint density at radius 3 is 2.20 bits per heavy atom. The molecule has 0 bridgehead atoms. The standard InChI is InChI=1S/C11H8O3.Ag/c12-10-6-8-4-2-1-3-7(8)5-9(10)11(13)14;/h1-6,12H,(H,13,14);/q;+1/p-1. The van der Waals surface area contributed by atoms with Crippen molar-refractivity contribution in [3.05, 3.63) is 42.0 Å². The second kappa shape index (κ2) is 4.49. The second-order valence-corrected chi connectivity index (χ2v) is 3.00. The fraction of sp³-hybridized carbons (Fsp3) is 0. The molecule has 0 unspecified atom stereocenters. The van der Waals surface area contributed by atoms with Crippen molar-refractivity contribution < 1.29 is 37.4 Å². The molecule has 0 spiro atoms. The first-order chi connectivity index (χ1) is 6.68. The average molecular weight is 295 g/mol. The third-order valence-corrected chi connectivity index (χ3v) is 2.08. The predicted octanol–water partition coefficient (Wildman–Crippen LogP) is 1.61. The monoisotopic (exact) mass is 294 g/mol. The molecule has 0 heterocycles. The molecular weight excluding hydrogens is 288 g/mol. The van der Waals surface area contributed by atoms with Crippen LogP contribution in [0.25, 0.3) is 10.8 Å². The van der Waals surface area contributed by atoms with Crippen molar-refractivity contribution in [2.24, 2.45) is 0 Å². The Hall–Kier alpha value is -1.29. The minimum Gasteiger partial charge on any atom is -0.872 e. The molecule has 0 fully saturated rings. The largest absolute Gasteiger partial charge is 1.00 e. The minimum atomic E-state index is -1.18. The molecule has 0 aliphatic heterocycles. The Labute approximate surface area is 102 Å². The molecular formula is C11H7AgO3. The zero-order valence-electron chi connectivity index (χ0n) is 7.53. The molecule has 0 saturated heterocycles. The maximum Gasteiger partial charge on any atom is 1.00 e. The normalized spacial score (nSPS) is 9.60. The quantitative estimate of drug-likeness (QED) is 0.813. The van der Waals surface area contributed by atoms with E-state index in [1.165, 1.54) is 12.1 Å². The molecule has 3 nitrogen and oxygen atoms in total. The van der Waals surface area contributed by atoms with Crippen molar-refractivity contribution >= 4 is 16.7 Å². The van der Waals surface area contributed by atoms with E-state index >= 15 is 0 Å². The summed E-state index contributed by atoms with van der Waals surface area (Å²) in [6.07, 6.45) is 0.